The molecule has 0 aliphatic heterocycles. The molecule has 5 heteroatoms. The van der Waals surface area contributed by atoms with Gasteiger partial charge in [0.25, 0.3) is 0 Å². The van der Waals surface area contributed by atoms with Crippen LogP contribution in [0.1, 0.15) is 5.56 Å². The maximum absolute atomic E-state index is 12.9. The molecule has 0 radical (unpaired) electrons. The van der Waals surface area contributed by atoms with Crippen molar-refractivity contribution in [3.8, 4) is 6.07 Å². The van der Waals surface area contributed by atoms with Crippen molar-refractivity contribution in [3.63, 3.8) is 0 Å². The molecule has 68 valence electrons. The Morgan fingerprint density at radius 1 is 1.31 bits per heavy atom. The van der Waals surface area contributed by atoms with E-state index in [-0.39, 0.29) is 0 Å². The minimum atomic E-state index is -1.40. The van der Waals surface area contributed by atoms with Gasteiger partial charge in [-0.1, -0.05) is 11.6 Å². The fourth-order valence-corrected chi connectivity index (χ4v) is 1.02. The Bertz CT molecular complexity index is 384. The van der Waals surface area contributed by atoms with Crippen molar-refractivity contribution in [2.24, 2.45) is 0 Å². The lowest BCUT2D eigenvalue weighted by Crippen LogP contribution is -1.98. The predicted molar refractivity (Wildman–Crippen MR) is 40.6 cm³/mol. The average molecular weight is 206 g/mol. The van der Waals surface area contributed by atoms with Gasteiger partial charge in [-0.3, -0.25) is 0 Å². The molecule has 0 bridgehead atoms. The van der Waals surface area contributed by atoms with Crippen LogP contribution in [0.4, 0.5) is 13.2 Å². The van der Waals surface area contributed by atoms with Crippen LogP contribution in [0.3, 0.4) is 0 Å². The van der Waals surface area contributed by atoms with Crippen LogP contribution in [-0.2, 0) is 6.42 Å². The number of benzene rings is 1. The SMILES string of the molecule is N#CCc1c(F)cc(Cl)c(F)c1F. The summed E-state index contributed by atoms with van der Waals surface area (Å²) in [6.45, 7) is 0. The first-order chi connectivity index (χ1) is 6.07. The molecule has 13 heavy (non-hydrogen) atoms. The molecule has 0 atom stereocenters. The predicted octanol–water partition coefficient (Wildman–Crippen LogP) is 2.82. The molecule has 0 spiro atoms. The number of hydrogen-bond acceptors (Lipinski definition) is 1. The molecular formula is C8H3ClF3N. The number of hydrogen-bond donors (Lipinski definition) is 0. The van der Waals surface area contributed by atoms with Crippen LogP contribution in [0.5, 0.6) is 0 Å². The van der Waals surface area contributed by atoms with Crippen LogP contribution in [-0.4, -0.2) is 0 Å². The second-order valence-corrected chi connectivity index (χ2v) is 2.69. The van der Waals surface area contributed by atoms with E-state index in [9.17, 15) is 13.2 Å². The Morgan fingerprint density at radius 3 is 2.46 bits per heavy atom. The highest BCUT2D eigenvalue weighted by Gasteiger charge is 2.16. The quantitative estimate of drug-likeness (QED) is 0.511. The third-order valence-electron chi connectivity index (χ3n) is 1.46. The summed E-state index contributed by atoms with van der Waals surface area (Å²) in [5, 5.41) is 7.56. The Morgan fingerprint density at radius 2 is 1.92 bits per heavy atom. The van der Waals surface area contributed by atoms with Crippen molar-refractivity contribution in [1.29, 1.82) is 5.26 Å². The van der Waals surface area contributed by atoms with Gasteiger partial charge in [0.15, 0.2) is 11.6 Å². The zero-order valence-electron chi connectivity index (χ0n) is 6.24. The van der Waals surface area contributed by atoms with Crippen molar-refractivity contribution in [3.05, 3.63) is 34.1 Å². The summed E-state index contributed by atoms with van der Waals surface area (Å²) in [7, 11) is 0. The highest BCUT2D eigenvalue weighted by Crippen LogP contribution is 2.23. The average Bonchev–Trinajstić information content (AvgIpc) is 2.09. The summed E-state index contributed by atoms with van der Waals surface area (Å²) in [5.74, 6) is -3.73. The minimum absolute atomic E-state index is 0.522. The standard InChI is InChI=1S/C8H3ClF3N/c9-5-3-6(10)4(1-2-13)7(11)8(5)12/h3H,1H2. The maximum Gasteiger partial charge on any atom is 0.177 e. The molecule has 0 unspecified atom stereocenters. The third-order valence-corrected chi connectivity index (χ3v) is 1.74. The number of nitrogens with zero attached hydrogens (tertiary/aromatic N) is 1. The summed E-state index contributed by atoms with van der Waals surface area (Å²) in [6, 6.07) is 2.17. The summed E-state index contributed by atoms with van der Waals surface area (Å²) in [4.78, 5) is 0. The van der Waals surface area contributed by atoms with Crippen molar-refractivity contribution < 1.29 is 13.2 Å². The maximum atomic E-state index is 12.9. The molecule has 0 aliphatic carbocycles. The Kier molecular flexibility index (Phi) is 2.79. The van der Waals surface area contributed by atoms with Gasteiger partial charge in [0.05, 0.1) is 17.5 Å². The molecule has 0 heterocycles. The summed E-state index contributed by atoms with van der Waals surface area (Å²) >= 11 is 5.15. The van der Waals surface area contributed by atoms with E-state index in [1.807, 2.05) is 0 Å². The van der Waals surface area contributed by atoms with Gasteiger partial charge in [-0.05, 0) is 6.07 Å². The van der Waals surface area contributed by atoms with Crippen molar-refractivity contribution >= 4 is 11.6 Å². The van der Waals surface area contributed by atoms with Crippen LogP contribution < -0.4 is 0 Å². The van der Waals surface area contributed by atoms with Crippen LogP contribution in [0.25, 0.3) is 0 Å². The zero-order valence-corrected chi connectivity index (χ0v) is 7.00. The van der Waals surface area contributed by atoms with Crippen molar-refractivity contribution in [2.75, 3.05) is 0 Å². The molecule has 1 nitrogen and oxygen atoms in total. The molecule has 0 amide bonds. The number of rotatable bonds is 1. The molecule has 1 rings (SSSR count). The first kappa shape index (κ1) is 9.87. The van der Waals surface area contributed by atoms with Gasteiger partial charge in [-0.15, -0.1) is 0 Å². The fourth-order valence-electron chi connectivity index (χ4n) is 0.845. The van der Waals surface area contributed by atoms with E-state index in [0.717, 1.165) is 0 Å². The summed E-state index contributed by atoms with van der Waals surface area (Å²) < 4.78 is 38.4. The van der Waals surface area contributed by atoms with Gasteiger partial charge in [0, 0.05) is 5.56 Å². The molecule has 0 saturated heterocycles. The Balaban J connectivity index is 3.36. The third kappa shape index (κ3) is 1.76. The van der Waals surface area contributed by atoms with Gasteiger partial charge < -0.3 is 0 Å². The largest absolute Gasteiger partial charge is 0.206 e. The van der Waals surface area contributed by atoms with E-state index in [4.69, 9.17) is 16.9 Å². The molecule has 0 fully saturated rings. The highest BCUT2D eigenvalue weighted by molar-refractivity contribution is 6.30. The normalized spacial score (nSPS) is 9.77. The van der Waals surface area contributed by atoms with Crippen LogP contribution >= 0.6 is 11.6 Å². The topological polar surface area (TPSA) is 23.8 Å². The number of halogens is 4. The molecule has 0 N–H and O–H groups in total. The van der Waals surface area contributed by atoms with E-state index in [0.29, 0.717) is 6.07 Å². The van der Waals surface area contributed by atoms with Crippen LogP contribution in [0, 0.1) is 28.8 Å². The fraction of sp³-hybridized carbons (Fsp3) is 0.125. The molecular weight excluding hydrogens is 203 g/mol. The molecule has 1 aromatic carbocycles. The van der Waals surface area contributed by atoms with E-state index in [2.05, 4.69) is 0 Å². The lowest BCUT2D eigenvalue weighted by molar-refractivity contribution is 0.484. The first-order valence-corrected chi connectivity index (χ1v) is 3.64. The minimum Gasteiger partial charge on any atom is -0.206 e. The Hall–Kier alpha value is -1.21. The lowest BCUT2D eigenvalue weighted by Gasteiger charge is -2.02. The Labute approximate surface area is 77.4 Å². The van der Waals surface area contributed by atoms with E-state index in [1.165, 1.54) is 6.07 Å². The molecule has 1 aromatic rings. The van der Waals surface area contributed by atoms with Crippen LogP contribution in [0.15, 0.2) is 6.07 Å². The molecule has 0 aromatic heterocycles. The summed E-state index contributed by atoms with van der Waals surface area (Å²) in [6.07, 6.45) is -0.522. The molecule has 0 aliphatic rings. The van der Waals surface area contributed by atoms with Gasteiger partial charge >= 0.3 is 0 Å². The van der Waals surface area contributed by atoms with E-state index in [1.54, 1.807) is 0 Å². The van der Waals surface area contributed by atoms with Crippen molar-refractivity contribution in [1.82, 2.24) is 0 Å². The summed E-state index contributed by atoms with van der Waals surface area (Å²) in [5.41, 5.74) is -0.593. The zero-order chi connectivity index (χ0) is 10.0. The van der Waals surface area contributed by atoms with E-state index >= 15 is 0 Å². The smallest absolute Gasteiger partial charge is 0.177 e. The first-order valence-electron chi connectivity index (χ1n) is 3.26. The monoisotopic (exact) mass is 205 g/mol. The second kappa shape index (κ2) is 3.67. The molecule has 0 saturated carbocycles. The van der Waals surface area contributed by atoms with E-state index < -0.39 is 34.5 Å². The van der Waals surface area contributed by atoms with Gasteiger partial charge in [0.1, 0.15) is 5.82 Å². The lowest BCUT2D eigenvalue weighted by atomic mass is 10.1. The van der Waals surface area contributed by atoms with Crippen molar-refractivity contribution in [2.45, 2.75) is 6.42 Å². The van der Waals surface area contributed by atoms with Gasteiger partial charge in [-0.2, -0.15) is 5.26 Å². The second-order valence-electron chi connectivity index (χ2n) is 2.28. The van der Waals surface area contributed by atoms with Gasteiger partial charge in [0.2, 0.25) is 0 Å². The number of nitriles is 1. The van der Waals surface area contributed by atoms with Crippen LogP contribution in [0.2, 0.25) is 5.02 Å². The van der Waals surface area contributed by atoms with Gasteiger partial charge in [-0.25, -0.2) is 13.2 Å². The highest BCUT2D eigenvalue weighted by atomic mass is 35.5.